The molecule has 0 saturated carbocycles. The van der Waals surface area contributed by atoms with Gasteiger partial charge in [0.15, 0.2) is 0 Å². The van der Waals surface area contributed by atoms with Crippen molar-refractivity contribution in [2.24, 2.45) is 10.7 Å². The number of allylic oxidation sites excluding steroid dienone is 1. The van der Waals surface area contributed by atoms with Gasteiger partial charge in [0.05, 0.1) is 27.8 Å². The number of aromatic nitrogens is 2. The van der Waals surface area contributed by atoms with E-state index in [9.17, 15) is 0 Å². The fraction of sp³-hybridized carbons (Fsp3) is 0.0426. The molecule has 1 unspecified atom stereocenters. The van der Waals surface area contributed by atoms with Crippen LogP contribution >= 0.6 is 0 Å². The summed E-state index contributed by atoms with van der Waals surface area (Å²) in [4.78, 5) is 5.21. The molecule has 51 heavy (non-hydrogen) atoms. The normalized spacial score (nSPS) is 13.0. The minimum atomic E-state index is 0.0853. The van der Waals surface area contributed by atoms with Crippen molar-refractivity contribution in [3.63, 3.8) is 0 Å². The standard InChI is InChI=1S/C47H36N4/c1-32(33-16-4-2-5-17-33)28-42(49-47(48)34-18-6-3-7-19-34)35-29-36(50-43-24-12-8-20-38(43)39-21-9-13-25-44(39)50)31-37(30-35)51-45-26-14-10-22-40(45)41-23-11-15-27-46(41)51/h2-32H,1H3,(H2,48,49)/b42-28-. The van der Waals surface area contributed by atoms with Gasteiger partial charge in [-0.2, -0.15) is 0 Å². The summed E-state index contributed by atoms with van der Waals surface area (Å²) >= 11 is 0. The van der Waals surface area contributed by atoms with Crippen LogP contribution in [0.25, 0.3) is 60.7 Å². The van der Waals surface area contributed by atoms with E-state index in [-0.39, 0.29) is 5.92 Å². The Morgan fingerprint density at radius 3 is 1.33 bits per heavy atom. The fourth-order valence-corrected chi connectivity index (χ4v) is 7.49. The Labute approximate surface area is 297 Å². The van der Waals surface area contributed by atoms with Gasteiger partial charge in [-0.1, -0.05) is 146 Å². The number of nitrogens with two attached hydrogens (primary N) is 1. The van der Waals surface area contributed by atoms with Crippen LogP contribution in [0.15, 0.2) is 187 Å². The Bertz CT molecular complexity index is 2530. The zero-order valence-corrected chi connectivity index (χ0v) is 28.3. The quantitative estimate of drug-likeness (QED) is 0.135. The molecule has 0 fully saturated rings. The number of hydrogen-bond donors (Lipinski definition) is 1. The Balaban J connectivity index is 1.37. The van der Waals surface area contributed by atoms with Crippen molar-refractivity contribution in [3.8, 4) is 11.4 Å². The molecule has 4 nitrogen and oxygen atoms in total. The van der Waals surface area contributed by atoms with Crippen molar-refractivity contribution in [2.75, 3.05) is 0 Å². The molecular weight excluding hydrogens is 621 g/mol. The number of para-hydroxylation sites is 4. The first-order valence-corrected chi connectivity index (χ1v) is 17.4. The van der Waals surface area contributed by atoms with Crippen LogP contribution in [0.3, 0.4) is 0 Å². The highest BCUT2D eigenvalue weighted by molar-refractivity contribution is 6.11. The molecule has 0 spiro atoms. The SMILES string of the molecule is CC(/C=C(\N=C(N)c1ccccc1)c1cc(-n2c3ccccc3c3ccccc32)cc(-n2c3ccccc3c3ccccc32)c1)c1ccccc1. The highest BCUT2D eigenvalue weighted by atomic mass is 15.0. The monoisotopic (exact) mass is 656 g/mol. The van der Waals surface area contributed by atoms with Crippen LogP contribution in [0.5, 0.6) is 0 Å². The third kappa shape index (κ3) is 5.38. The summed E-state index contributed by atoms with van der Waals surface area (Å²) < 4.78 is 4.77. The van der Waals surface area contributed by atoms with Gasteiger partial charge in [0.2, 0.25) is 0 Å². The Morgan fingerprint density at radius 1 is 0.490 bits per heavy atom. The number of rotatable bonds is 7. The van der Waals surface area contributed by atoms with Gasteiger partial charge in [-0.05, 0) is 48.0 Å². The molecule has 0 aliphatic rings. The zero-order valence-electron chi connectivity index (χ0n) is 28.3. The number of aliphatic imine (C=N–C) groups is 1. The molecule has 0 saturated heterocycles. The van der Waals surface area contributed by atoms with E-state index in [0.717, 1.165) is 50.3 Å². The summed E-state index contributed by atoms with van der Waals surface area (Å²) in [6, 6.07) is 62.0. The van der Waals surface area contributed by atoms with Crippen LogP contribution in [-0.4, -0.2) is 15.0 Å². The number of benzene rings is 7. The van der Waals surface area contributed by atoms with E-state index < -0.39 is 0 Å². The summed E-state index contributed by atoms with van der Waals surface area (Å²) in [6.07, 6.45) is 2.24. The average Bonchev–Trinajstić information content (AvgIpc) is 3.71. The van der Waals surface area contributed by atoms with Gasteiger partial charge in [-0.25, -0.2) is 4.99 Å². The lowest BCUT2D eigenvalue weighted by atomic mass is 9.98. The maximum absolute atomic E-state index is 6.81. The molecule has 4 heteroatoms. The lowest BCUT2D eigenvalue weighted by Crippen LogP contribution is -2.13. The molecule has 2 heterocycles. The highest BCUT2D eigenvalue weighted by Gasteiger charge is 2.18. The topological polar surface area (TPSA) is 48.2 Å². The molecule has 0 aliphatic carbocycles. The van der Waals surface area contributed by atoms with E-state index in [4.69, 9.17) is 10.7 Å². The molecule has 2 N–H and O–H groups in total. The van der Waals surface area contributed by atoms with Crippen molar-refractivity contribution in [1.29, 1.82) is 0 Å². The lowest BCUT2D eigenvalue weighted by Gasteiger charge is -2.17. The van der Waals surface area contributed by atoms with Crippen LogP contribution in [0, 0.1) is 0 Å². The van der Waals surface area contributed by atoms with Crippen molar-refractivity contribution < 1.29 is 0 Å². The summed E-state index contributed by atoms with van der Waals surface area (Å²) in [6.45, 7) is 2.22. The Kier molecular flexibility index (Phi) is 7.55. The second kappa shape index (κ2) is 12.7. The van der Waals surface area contributed by atoms with E-state index in [2.05, 4.69) is 168 Å². The fourth-order valence-electron chi connectivity index (χ4n) is 7.49. The van der Waals surface area contributed by atoms with Crippen LogP contribution in [0.1, 0.15) is 29.5 Å². The van der Waals surface area contributed by atoms with Gasteiger partial charge in [0.25, 0.3) is 0 Å². The van der Waals surface area contributed by atoms with E-state index >= 15 is 0 Å². The molecule has 9 rings (SSSR count). The van der Waals surface area contributed by atoms with Gasteiger partial charge in [0.1, 0.15) is 5.84 Å². The minimum Gasteiger partial charge on any atom is -0.383 e. The molecule has 9 aromatic rings. The smallest absolute Gasteiger partial charge is 0.131 e. The predicted octanol–water partition coefficient (Wildman–Crippen LogP) is 11.4. The number of amidine groups is 1. The van der Waals surface area contributed by atoms with Gasteiger partial charge in [-0.15, -0.1) is 0 Å². The maximum Gasteiger partial charge on any atom is 0.131 e. The third-order valence-corrected chi connectivity index (χ3v) is 9.92. The van der Waals surface area contributed by atoms with Crippen LogP contribution in [0.2, 0.25) is 0 Å². The van der Waals surface area contributed by atoms with Gasteiger partial charge in [-0.3, -0.25) is 0 Å². The molecule has 0 radical (unpaired) electrons. The second-order valence-corrected chi connectivity index (χ2v) is 13.1. The number of fused-ring (bicyclic) bond motifs is 6. The van der Waals surface area contributed by atoms with E-state index in [1.54, 1.807) is 0 Å². The number of nitrogens with zero attached hydrogens (tertiary/aromatic N) is 3. The molecule has 7 aromatic carbocycles. The van der Waals surface area contributed by atoms with Crippen LogP contribution in [-0.2, 0) is 0 Å². The molecule has 2 aromatic heterocycles. The second-order valence-electron chi connectivity index (χ2n) is 13.1. The lowest BCUT2D eigenvalue weighted by molar-refractivity contribution is 0.966. The molecule has 0 bridgehead atoms. The molecule has 0 aliphatic heterocycles. The first kappa shape index (κ1) is 30.4. The van der Waals surface area contributed by atoms with Gasteiger partial charge in [0, 0.05) is 50.0 Å². The maximum atomic E-state index is 6.81. The van der Waals surface area contributed by atoms with Crippen molar-refractivity contribution in [2.45, 2.75) is 12.8 Å². The Hall–Kier alpha value is -6.65. The van der Waals surface area contributed by atoms with Crippen molar-refractivity contribution in [3.05, 3.63) is 199 Å². The van der Waals surface area contributed by atoms with Crippen molar-refractivity contribution >= 4 is 55.1 Å². The average molecular weight is 657 g/mol. The summed E-state index contributed by atoms with van der Waals surface area (Å²) in [7, 11) is 0. The van der Waals surface area contributed by atoms with Crippen molar-refractivity contribution in [1.82, 2.24) is 9.13 Å². The Morgan fingerprint density at radius 2 is 0.882 bits per heavy atom. The van der Waals surface area contributed by atoms with E-state index in [1.807, 2.05) is 30.3 Å². The molecule has 1 atom stereocenters. The summed E-state index contributed by atoms with van der Waals surface area (Å²) in [5.74, 6) is 0.560. The van der Waals surface area contributed by atoms with E-state index in [1.165, 1.54) is 27.1 Å². The molecule has 244 valence electrons. The molecule has 0 amide bonds. The first-order valence-electron chi connectivity index (χ1n) is 17.4. The van der Waals surface area contributed by atoms with Crippen LogP contribution in [0.4, 0.5) is 0 Å². The summed E-state index contributed by atoms with van der Waals surface area (Å²) in [5, 5.41) is 4.88. The molecular formula is C47H36N4. The zero-order chi connectivity index (χ0) is 34.3. The third-order valence-electron chi connectivity index (χ3n) is 9.92. The van der Waals surface area contributed by atoms with Gasteiger partial charge >= 0.3 is 0 Å². The number of hydrogen-bond acceptors (Lipinski definition) is 1. The van der Waals surface area contributed by atoms with E-state index in [0.29, 0.717) is 5.84 Å². The minimum absolute atomic E-state index is 0.0853. The first-order chi connectivity index (χ1) is 25.1. The van der Waals surface area contributed by atoms with Gasteiger partial charge < -0.3 is 14.9 Å². The predicted molar refractivity (Wildman–Crippen MR) is 215 cm³/mol. The summed E-state index contributed by atoms with van der Waals surface area (Å²) in [5.41, 5.74) is 17.4. The van der Waals surface area contributed by atoms with Crippen LogP contribution < -0.4 is 5.73 Å². The largest absolute Gasteiger partial charge is 0.383 e. The highest BCUT2D eigenvalue weighted by Crippen LogP contribution is 2.37.